The Labute approximate surface area is 151 Å². The highest BCUT2D eigenvalue weighted by molar-refractivity contribution is 7.17. The molecule has 1 aliphatic heterocycles. The van der Waals surface area contributed by atoms with Crippen molar-refractivity contribution in [1.82, 2.24) is 4.90 Å². The van der Waals surface area contributed by atoms with Crippen molar-refractivity contribution in [2.45, 2.75) is 26.8 Å². The number of carbonyl (C=O) groups is 2. The number of fused-ring (bicyclic) bond motifs is 1. The van der Waals surface area contributed by atoms with Gasteiger partial charge in [-0.1, -0.05) is 17.7 Å². The van der Waals surface area contributed by atoms with Crippen LogP contribution in [0.2, 0.25) is 0 Å². The summed E-state index contributed by atoms with van der Waals surface area (Å²) in [6.07, 6.45) is 0.784. The zero-order valence-electron chi connectivity index (χ0n) is 14.9. The number of aryl methyl sites for hydroxylation is 2. The number of methoxy groups -OCH3 is 1. The molecule has 1 aliphatic rings. The van der Waals surface area contributed by atoms with Crippen LogP contribution in [0, 0.1) is 13.8 Å². The van der Waals surface area contributed by atoms with Gasteiger partial charge in [-0.2, -0.15) is 0 Å². The second kappa shape index (κ2) is 6.98. The van der Waals surface area contributed by atoms with Crippen LogP contribution in [0.1, 0.15) is 42.3 Å². The van der Waals surface area contributed by atoms with E-state index >= 15 is 0 Å². The van der Waals surface area contributed by atoms with Crippen molar-refractivity contribution < 1.29 is 14.3 Å². The summed E-state index contributed by atoms with van der Waals surface area (Å²) in [6, 6.07) is 5.77. The molecule has 5 nitrogen and oxygen atoms in total. The average Bonchev–Trinajstić information content (AvgIpc) is 2.93. The number of nitrogens with zero attached hydrogens (tertiary/aromatic N) is 1. The molecule has 0 bridgehead atoms. The summed E-state index contributed by atoms with van der Waals surface area (Å²) in [6.45, 7) is 5.53. The van der Waals surface area contributed by atoms with E-state index in [9.17, 15) is 9.59 Å². The van der Waals surface area contributed by atoms with Crippen LogP contribution in [0.5, 0.6) is 0 Å². The lowest BCUT2D eigenvalue weighted by Crippen LogP contribution is -2.26. The van der Waals surface area contributed by atoms with Gasteiger partial charge in [0.1, 0.15) is 5.00 Å². The number of esters is 1. The van der Waals surface area contributed by atoms with Crippen molar-refractivity contribution in [1.29, 1.82) is 0 Å². The van der Waals surface area contributed by atoms with Gasteiger partial charge in [-0.15, -0.1) is 11.3 Å². The topological polar surface area (TPSA) is 58.6 Å². The van der Waals surface area contributed by atoms with Crippen molar-refractivity contribution >= 4 is 28.2 Å². The van der Waals surface area contributed by atoms with Crippen LogP contribution in [0.25, 0.3) is 0 Å². The molecule has 1 aromatic heterocycles. The molecule has 1 aromatic carbocycles. The first-order chi connectivity index (χ1) is 11.9. The number of amides is 1. The van der Waals surface area contributed by atoms with Crippen LogP contribution in [0.3, 0.4) is 0 Å². The zero-order chi connectivity index (χ0) is 18.1. The van der Waals surface area contributed by atoms with Crippen LogP contribution in [0.15, 0.2) is 18.2 Å². The maximum atomic E-state index is 12.8. The van der Waals surface area contributed by atoms with Gasteiger partial charge in [-0.3, -0.25) is 4.79 Å². The Hall–Kier alpha value is -2.18. The standard InChI is InChI=1S/C19H22N2O3S/c1-11-5-6-12(2)14(9-11)17(22)20-18-16(19(23)24-4)13-7-8-21(3)10-15(13)25-18/h5-6,9H,7-8,10H2,1-4H3,(H,20,22). The maximum absolute atomic E-state index is 12.8. The zero-order valence-corrected chi connectivity index (χ0v) is 15.8. The molecule has 0 saturated carbocycles. The molecular weight excluding hydrogens is 336 g/mol. The Morgan fingerprint density at radius 2 is 2.04 bits per heavy atom. The molecule has 3 rings (SSSR count). The summed E-state index contributed by atoms with van der Waals surface area (Å²) < 4.78 is 4.96. The van der Waals surface area contributed by atoms with Crippen molar-refractivity contribution in [3.8, 4) is 0 Å². The molecule has 0 atom stereocenters. The fraction of sp³-hybridized carbons (Fsp3) is 0.368. The number of hydrogen-bond donors (Lipinski definition) is 1. The molecule has 132 valence electrons. The number of anilines is 1. The first-order valence-corrected chi connectivity index (χ1v) is 9.02. The monoisotopic (exact) mass is 358 g/mol. The predicted octanol–water partition coefficient (Wildman–Crippen LogP) is 3.39. The Bertz CT molecular complexity index is 841. The van der Waals surface area contributed by atoms with E-state index in [0.717, 1.165) is 41.1 Å². The highest BCUT2D eigenvalue weighted by Gasteiger charge is 2.28. The third-order valence-electron chi connectivity index (χ3n) is 4.50. The van der Waals surface area contributed by atoms with E-state index < -0.39 is 5.97 Å². The molecule has 1 N–H and O–H groups in total. The van der Waals surface area contributed by atoms with Crippen molar-refractivity contribution in [2.75, 3.05) is 26.0 Å². The minimum atomic E-state index is -0.390. The Morgan fingerprint density at radius 3 is 2.76 bits per heavy atom. The number of rotatable bonds is 3. The number of nitrogens with one attached hydrogen (secondary N) is 1. The quantitative estimate of drug-likeness (QED) is 0.855. The number of hydrogen-bond acceptors (Lipinski definition) is 5. The second-order valence-corrected chi connectivity index (χ2v) is 7.56. The van der Waals surface area contributed by atoms with E-state index in [2.05, 4.69) is 17.3 Å². The largest absolute Gasteiger partial charge is 0.465 e. The van der Waals surface area contributed by atoms with E-state index in [-0.39, 0.29) is 5.91 Å². The van der Waals surface area contributed by atoms with Gasteiger partial charge in [-0.25, -0.2) is 4.79 Å². The molecule has 0 spiro atoms. The first-order valence-electron chi connectivity index (χ1n) is 8.20. The molecule has 0 fully saturated rings. The summed E-state index contributed by atoms with van der Waals surface area (Å²) in [5, 5.41) is 3.52. The van der Waals surface area contributed by atoms with Gasteiger partial charge >= 0.3 is 5.97 Å². The smallest absolute Gasteiger partial charge is 0.341 e. The lowest BCUT2D eigenvalue weighted by molar-refractivity contribution is 0.0600. The first kappa shape index (κ1) is 17.6. The second-order valence-electron chi connectivity index (χ2n) is 6.46. The molecular formula is C19H22N2O3S. The van der Waals surface area contributed by atoms with E-state index in [4.69, 9.17) is 4.74 Å². The summed E-state index contributed by atoms with van der Waals surface area (Å²) in [4.78, 5) is 28.4. The lowest BCUT2D eigenvalue weighted by atomic mass is 10.0. The number of thiophene rings is 1. The molecule has 25 heavy (non-hydrogen) atoms. The SMILES string of the molecule is COC(=O)c1c(NC(=O)c2cc(C)ccc2C)sc2c1CCN(C)C2. The number of carbonyl (C=O) groups excluding carboxylic acids is 2. The molecule has 6 heteroatoms. The van der Waals surface area contributed by atoms with Crippen LogP contribution in [0.4, 0.5) is 5.00 Å². The van der Waals surface area contributed by atoms with Gasteiger partial charge in [-0.05, 0) is 44.5 Å². The summed E-state index contributed by atoms with van der Waals surface area (Å²) in [7, 11) is 3.42. The van der Waals surface area contributed by atoms with Crippen LogP contribution < -0.4 is 5.32 Å². The highest BCUT2D eigenvalue weighted by Crippen LogP contribution is 2.37. The fourth-order valence-corrected chi connectivity index (χ4v) is 4.40. The number of likely N-dealkylation sites (N-methyl/N-ethyl adjacent to an activating group) is 1. The lowest BCUT2D eigenvalue weighted by Gasteiger charge is -2.22. The maximum Gasteiger partial charge on any atom is 0.341 e. The van der Waals surface area contributed by atoms with Crippen molar-refractivity contribution in [2.24, 2.45) is 0 Å². The minimum absolute atomic E-state index is 0.196. The molecule has 0 saturated heterocycles. The van der Waals surface area contributed by atoms with Crippen molar-refractivity contribution in [3.05, 3.63) is 50.9 Å². The normalized spacial score (nSPS) is 14.1. The average molecular weight is 358 g/mol. The third kappa shape index (κ3) is 3.45. The van der Waals surface area contributed by atoms with Crippen LogP contribution in [-0.4, -0.2) is 37.5 Å². The van der Waals surface area contributed by atoms with Gasteiger partial charge in [0.05, 0.1) is 12.7 Å². The molecule has 2 aromatic rings. The Morgan fingerprint density at radius 1 is 1.28 bits per heavy atom. The van der Waals surface area contributed by atoms with Gasteiger partial charge in [0.15, 0.2) is 0 Å². The van der Waals surface area contributed by atoms with Gasteiger partial charge < -0.3 is 15.0 Å². The van der Waals surface area contributed by atoms with E-state index in [1.165, 1.54) is 18.4 Å². The number of benzene rings is 1. The van der Waals surface area contributed by atoms with Crippen LogP contribution in [-0.2, 0) is 17.7 Å². The molecule has 0 radical (unpaired) electrons. The van der Waals surface area contributed by atoms with E-state index in [0.29, 0.717) is 16.1 Å². The summed E-state index contributed by atoms with van der Waals surface area (Å²) in [5.74, 6) is -0.586. The molecule has 2 heterocycles. The van der Waals surface area contributed by atoms with Crippen LogP contribution >= 0.6 is 11.3 Å². The summed E-state index contributed by atoms with van der Waals surface area (Å²) >= 11 is 1.47. The Kier molecular flexibility index (Phi) is 4.92. The molecule has 1 amide bonds. The van der Waals surface area contributed by atoms with E-state index in [1.54, 1.807) is 0 Å². The Balaban J connectivity index is 1.98. The van der Waals surface area contributed by atoms with E-state index in [1.807, 2.05) is 32.0 Å². The highest BCUT2D eigenvalue weighted by atomic mass is 32.1. The molecule has 0 unspecified atom stereocenters. The predicted molar refractivity (Wildman–Crippen MR) is 99.6 cm³/mol. The van der Waals surface area contributed by atoms with Gasteiger partial charge in [0.25, 0.3) is 5.91 Å². The minimum Gasteiger partial charge on any atom is -0.465 e. The fourth-order valence-electron chi connectivity index (χ4n) is 3.09. The summed E-state index contributed by atoms with van der Waals surface area (Å²) in [5.41, 5.74) is 4.07. The van der Waals surface area contributed by atoms with Gasteiger partial charge in [0, 0.05) is 23.5 Å². The van der Waals surface area contributed by atoms with Gasteiger partial charge in [0.2, 0.25) is 0 Å². The van der Waals surface area contributed by atoms with Crippen molar-refractivity contribution in [3.63, 3.8) is 0 Å². The molecule has 0 aliphatic carbocycles. The third-order valence-corrected chi connectivity index (χ3v) is 5.63. The number of ether oxygens (including phenoxy) is 1.